The van der Waals surface area contributed by atoms with Crippen LogP contribution < -0.4 is 5.32 Å². The Morgan fingerprint density at radius 1 is 1.16 bits per heavy atom. The highest BCUT2D eigenvalue weighted by atomic mass is 16.5. The lowest BCUT2D eigenvalue weighted by molar-refractivity contribution is 0.168. The summed E-state index contributed by atoms with van der Waals surface area (Å²) < 4.78 is 4.82. The number of hydrogen-bond acceptors (Lipinski definition) is 2. The highest BCUT2D eigenvalue weighted by Gasteiger charge is 2.02. The van der Waals surface area contributed by atoms with Crippen molar-refractivity contribution in [1.29, 1.82) is 0 Å². The Kier molecular flexibility index (Phi) is 4.18. The molecule has 19 heavy (non-hydrogen) atoms. The molecule has 0 spiro atoms. The van der Waals surface area contributed by atoms with Crippen LogP contribution in [-0.4, -0.2) is 12.7 Å². The van der Waals surface area contributed by atoms with E-state index in [0.29, 0.717) is 12.3 Å². The van der Waals surface area contributed by atoms with Crippen LogP contribution in [0.25, 0.3) is 11.1 Å². The molecule has 1 amide bonds. The minimum absolute atomic E-state index is 0.361. The zero-order chi connectivity index (χ0) is 13.7. The van der Waals surface area contributed by atoms with Crippen molar-refractivity contribution in [2.45, 2.75) is 6.92 Å². The average molecular weight is 254 g/mol. The lowest BCUT2D eigenvalue weighted by Gasteiger charge is -2.07. The summed E-state index contributed by atoms with van der Waals surface area (Å²) in [6.07, 6.45) is -0.435. The van der Waals surface area contributed by atoms with Crippen LogP contribution in [0.1, 0.15) is 12.5 Å². The van der Waals surface area contributed by atoms with Crippen LogP contribution in [0, 0.1) is 6.92 Å². The van der Waals surface area contributed by atoms with E-state index < -0.39 is 6.09 Å². The summed E-state index contributed by atoms with van der Waals surface area (Å²) in [5.74, 6) is 0. The first-order valence-corrected chi connectivity index (χ1v) is 6.15. The van der Waals surface area contributed by atoms with Crippen molar-refractivity contribution in [3.63, 3.8) is 0 Å². The van der Waals surface area contributed by atoms with Crippen molar-refractivity contribution in [3.05, 3.63) is 61.0 Å². The maximum absolute atomic E-state index is 11.3. The first-order chi connectivity index (χ1) is 9.19. The molecule has 2 rings (SSSR count). The Hall–Kier alpha value is -2.29. The molecule has 0 heterocycles. The number of anilines is 1. The molecule has 0 unspecified atom stereocenters. The van der Waals surface area contributed by atoms with E-state index in [4.69, 9.17) is 4.74 Å². The maximum Gasteiger partial charge on any atom is 0.411 e. The van der Waals surface area contributed by atoms with Gasteiger partial charge in [-0.05, 0) is 42.7 Å². The fourth-order valence-corrected chi connectivity index (χ4v) is 1.78. The van der Waals surface area contributed by atoms with Gasteiger partial charge < -0.3 is 4.74 Å². The van der Waals surface area contributed by atoms with Crippen molar-refractivity contribution >= 4 is 11.8 Å². The van der Waals surface area contributed by atoms with Gasteiger partial charge in [0.05, 0.1) is 6.61 Å². The standard InChI is InChI=1S/C16H16NO2/c1-3-19-16(18)17-15-9-7-13(8-10-15)14-6-4-5-12(2)11-14/h4-11H,2-3H2,1H3,(H,17,18). The number of benzene rings is 2. The van der Waals surface area contributed by atoms with Crippen LogP contribution in [0.4, 0.5) is 10.5 Å². The Bertz CT molecular complexity index is 561. The molecule has 1 radical (unpaired) electrons. The fraction of sp³-hybridized carbons (Fsp3) is 0.125. The first-order valence-electron chi connectivity index (χ1n) is 6.15. The van der Waals surface area contributed by atoms with E-state index in [1.165, 1.54) is 0 Å². The second-order valence-corrected chi connectivity index (χ2v) is 4.12. The summed E-state index contributed by atoms with van der Waals surface area (Å²) in [6, 6.07) is 15.6. The molecule has 2 aromatic carbocycles. The number of ether oxygens (including phenoxy) is 1. The second-order valence-electron chi connectivity index (χ2n) is 4.12. The Morgan fingerprint density at radius 2 is 1.89 bits per heavy atom. The molecule has 1 N–H and O–H groups in total. The molecule has 0 aliphatic carbocycles. The van der Waals surface area contributed by atoms with Crippen molar-refractivity contribution in [2.75, 3.05) is 11.9 Å². The van der Waals surface area contributed by atoms with Crippen LogP contribution in [0.15, 0.2) is 48.5 Å². The normalized spacial score (nSPS) is 10.0. The predicted molar refractivity (Wildman–Crippen MR) is 77.0 cm³/mol. The monoisotopic (exact) mass is 254 g/mol. The highest BCUT2D eigenvalue weighted by Crippen LogP contribution is 2.22. The Labute approximate surface area is 113 Å². The summed E-state index contributed by atoms with van der Waals surface area (Å²) in [7, 11) is 0. The lowest BCUT2D eigenvalue weighted by Crippen LogP contribution is -2.12. The third kappa shape index (κ3) is 3.58. The van der Waals surface area contributed by atoms with E-state index in [2.05, 4.69) is 12.2 Å². The van der Waals surface area contributed by atoms with Gasteiger partial charge in [-0.2, -0.15) is 0 Å². The molecular weight excluding hydrogens is 238 g/mol. The molecule has 0 aliphatic heterocycles. The molecule has 97 valence electrons. The summed E-state index contributed by atoms with van der Waals surface area (Å²) in [4.78, 5) is 11.3. The summed E-state index contributed by atoms with van der Waals surface area (Å²) in [5, 5.41) is 2.66. The van der Waals surface area contributed by atoms with Gasteiger partial charge in [0.1, 0.15) is 0 Å². The minimum atomic E-state index is -0.435. The molecule has 0 saturated heterocycles. The first kappa shape index (κ1) is 13.1. The molecule has 0 fully saturated rings. The van der Waals surface area contributed by atoms with Crippen molar-refractivity contribution in [3.8, 4) is 11.1 Å². The van der Waals surface area contributed by atoms with Crippen LogP contribution in [0.2, 0.25) is 0 Å². The molecule has 0 aliphatic rings. The number of amides is 1. The zero-order valence-corrected chi connectivity index (χ0v) is 10.8. The van der Waals surface area contributed by atoms with Gasteiger partial charge in [0.15, 0.2) is 0 Å². The van der Waals surface area contributed by atoms with Gasteiger partial charge in [-0.3, -0.25) is 5.32 Å². The lowest BCUT2D eigenvalue weighted by atomic mass is 10.0. The average Bonchev–Trinajstić information content (AvgIpc) is 2.40. The molecule has 3 heteroatoms. The Balaban J connectivity index is 2.12. The second kappa shape index (κ2) is 6.05. The predicted octanol–water partition coefficient (Wildman–Crippen LogP) is 4.10. The number of carbonyl (C=O) groups excluding carboxylic acids is 1. The smallest absolute Gasteiger partial charge is 0.411 e. The van der Waals surface area contributed by atoms with Crippen LogP contribution in [0.3, 0.4) is 0 Å². The Morgan fingerprint density at radius 3 is 2.53 bits per heavy atom. The van der Waals surface area contributed by atoms with Crippen molar-refractivity contribution in [1.82, 2.24) is 0 Å². The third-order valence-corrected chi connectivity index (χ3v) is 2.67. The minimum Gasteiger partial charge on any atom is -0.450 e. The SMILES string of the molecule is [CH2]c1cccc(-c2ccc(NC(=O)OCC)cc2)c1. The molecule has 0 aromatic heterocycles. The molecular formula is C16H16NO2. The van der Waals surface area contributed by atoms with Crippen molar-refractivity contribution < 1.29 is 9.53 Å². The van der Waals surface area contributed by atoms with Gasteiger partial charge >= 0.3 is 6.09 Å². The quantitative estimate of drug-likeness (QED) is 0.895. The van der Waals surface area contributed by atoms with Gasteiger partial charge in [0.2, 0.25) is 0 Å². The fourth-order valence-electron chi connectivity index (χ4n) is 1.78. The number of carbonyl (C=O) groups is 1. The summed E-state index contributed by atoms with van der Waals surface area (Å²) >= 11 is 0. The van der Waals surface area contributed by atoms with E-state index in [1.54, 1.807) is 6.92 Å². The molecule has 2 aromatic rings. The topological polar surface area (TPSA) is 38.3 Å². The van der Waals surface area contributed by atoms with Crippen LogP contribution >= 0.6 is 0 Å². The number of nitrogens with one attached hydrogen (secondary N) is 1. The van der Waals surface area contributed by atoms with Crippen LogP contribution in [0.5, 0.6) is 0 Å². The molecule has 0 bridgehead atoms. The highest BCUT2D eigenvalue weighted by molar-refractivity contribution is 5.85. The van der Waals surface area contributed by atoms with E-state index in [9.17, 15) is 4.79 Å². The third-order valence-electron chi connectivity index (χ3n) is 2.67. The van der Waals surface area contributed by atoms with Gasteiger partial charge in [-0.15, -0.1) is 0 Å². The molecule has 0 atom stereocenters. The van der Waals surface area contributed by atoms with Gasteiger partial charge in [-0.25, -0.2) is 4.79 Å². The maximum atomic E-state index is 11.3. The number of rotatable bonds is 3. The van der Waals surface area contributed by atoms with Gasteiger partial charge in [0.25, 0.3) is 0 Å². The summed E-state index contributed by atoms with van der Waals surface area (Å²) in [5.41, 5.74) is 3.88. The van der Waals surface area contributed by atoms with Gasteiger partial charge in [-0.1, -0.05) is 36.4 Å². The summed E-state index contributed by atoms with van der Waals surface area (Å²) in [6.45, 7) is 6.04. The zero-order valence-electron chi connectivity index (χ0n) is 10.8. The van der Waals surface area contributed by atoms with E-state index in [1.807, 2.05) is 48.5 Å². The largest absolute Gasteiger partial charge is 0.450 e. The van der Waals surface area contributed by atoms with E-state index in [-0.39, 0.29) is 0 Å². The molecule has 0 saturated carbocycles. The van der Waals surface area contributed by atoms with Gasteiger partial charge in [0, 0.05) is 5.69 Å². The van der Waals surface area contributed by atoms with Crippen LogP contribution in [-0.2, 0) is 4.74 Å². The number of hydrogen-bond donors (Lipinski definition) is 1. The van der Waals surface area contributed by atoms with Crippen molar-refractivity contribution in [2.24, 2.45) is 0 Å². The molecule has 3 nitrogen and oxygen atoms in total. The van der Waals surface area contributed by atoms with E-state index >= 15 is 0 Å². The van der Waals surface area contributed by atoms with E-state index in [0.717, 1.165) is 16.7 Å².